The molecule has 0 fully saturated rings. The van der Waals surface area contributed by atoms with E-state index in [1.165, 1.54) is 11.6 Å². The highest BCUT2D eigenvalue weighted by atomic mass is 16.5. The van der Waals surface area contributed by atoms with Crippen molar-refractivity contribution in [3.63, 3.8) is 0 Å². The largest absolute Gasteiger partial charge is 0.466 e. The van der Waals surface area contributed by atoms with Gasteiger partial charge in [0.2, 0.25) is 0 Å². The number of ether oxygens (including phenoxy) is 1. The number of hydrogen-bond acceptors (Lipinski definition) is 4. The molecule has 0 aliphatic carbocycles. The molecule has 1 heterocycles. The van der Waals surface area contributed by atoms with E-state index in [0.717, 1.165) is 5.56 Å². The van der Waals surface area contributed by atoms with Gasteiger partial charge in [-0.15, -0.1) is 0 Å². The first kappa shape index (κ1) is 14.0. The molecule has 1 aromatic carbocycles. The van der Waals surface area contributed by atoms with Crippen molar-refractivity contribution in [3.8, 4) is 0 Å². The molecular weight excluding hydrogens is 256 g/mol. The quantitative estimate of drug-likeness (QED) is 0.772. The number of esters is 1. The van der Waals surface area contributed by atoms with Gasteiger partial charge in [-0.1, -0.05) is 30.3 Å². The van der Waals surface area contributed by atoms with Crippen LogP contribution < -0.4 is 5.56 Å². The minimum Gasteiger partial charge on any atom is -0.466 e. The molecular formula is C15H16N2O3. The van der Waals surface area contributed by atoms with Crippen LogP contribution in [0.15, 0.2) is 47.4 Å². The Balaban J connectivity index is 2.11. The molecule has 5 heteroatoms. The summed E-state index contributed by atoms with van der Waals surface area (Å²) in [4.78, 5) is 22.9. The monoisotopic (exact) mass is 272 g/mol. The lowest BCUT2D eigenvalue weighted by Gasteiger charge is -2.07. The predicted octanol–water partition coefficient (Wildman–Crippen LogP) is 1.40. The number of nitrogens with zero attached hydrogens (tertiary/aromatic N) is 2. The lowest BCUT2D eigenvalue weighted by molar-refractivity contribution is -0.140. The molecule has 20 heavy (non-hydrogen) atoms. The summed E-state index contributed by atoms with van der Waals surface area (Å²) in [7, 11) is 0. The minimum atomic E-state index is -0.344. The Morgan fingerprint density at radius 1 is 1.25 bits per heavy atom. The van der Waals surface area contributed by atoms with Crippen LogP contribution in [0.4, 0.5) is 0 Å². The van der Waals surface area contributed by atoms with E-state index in [9.17, 15) is 9.59 Å². The van der Waals surface area contributed by atoms with Crippen LogP contribution in [0.25, 0.3) is 0 Å². The molecule has 0 saturated carbocycles. The number of rotatable bonds is 5. The maximum Gasteiger partial charge on any atom is 0.302 e. The average molecular weight is 272 g/mol. The lowest BCUT2D eigenvalue weighted by atomic mass is 10.2. The zero-order valence-corrected chi connectivity index (χ0v) is 11.3. The van der Waals surface area contributed by atoms with Gasteiger partial charge in [0.1, 0.15) is 0 Å². The second kappa shape index (κ2) is 6.65. The maximum atomic E-state index is 12.2. The summed E-state index contributed by atoms with van der Waals surface area (Å²) in [6, 6.07) is 11.3. The van der Waals surface area contributed by atoms with Gasteiger partial charge in [-0.2, -0.15) is 5.10 Å². The highest BCUT2D eigenvalue weighted by Crippen LogP contribution is 2.00. The Morgan fingerprint density at radius 3 is 2.70 bits per heavy atom. The Bertz CT molecular complexity index is 635. The van der Waals surface area contributed by atoms with Crippen molar-refractivity contribution in [2.24, 2.45) is 0 Å². The second-order valence-electron chi connectivity index (χ2n) is 4.39. The van der Waals surface area contributed by atoms with E-state index in [1.807, 2.05) is 30.3 Å². The van der Waals surface area contributed by atoms with Crippen LogP contribution in [0.5, 0.6) is 0 Å². The van der Waals surface area contributed by atoms with E-state index in [-0.39, 0.29) is 18.1 Å². The molecule has 0 unspecified atom stereocenters. The first-order chi connectivity index (χ1) is 9.66. The molecule has 104 valence electrons. The molecule has 2 rings (SSSR count). The second-order valence-corrected chi connectivity index (χ2v) is 4.39. The molecule has 0 atom stereocenters. The van der Waals surface area contributed by atoms with E-state index < -0.39 is 0 Å². The van der Waals surface area contributed by atoms with Gasteiger partial charge in [0, 0.05) is 25.1 Å². The summed E-state index contributed by atoms with van der Waals surface area (Å²) in [5, 5.41) is 4.07. The molecule has 0 bridgehead atoms. The SMILES string of the molecule is CC(=O)OCCc1ccnn(Cc2ccccc2)c1=O. The van der Waals surface area contributed by atoms with Crippen LogP contribution in [-0.2, 0) is 22.5 Å². The van der Waals surface area contributed by atoms with Gasteiger partial charge in [-0.3, -0.25) is 9.59 Å². The van der Waals surface area contributed by atoms with Gasteiger partial charge < -0.3 is 4.74 Å². The van der Waals surface area contributed by atoms with Gasteiger partial charge in [-0.25, -0.2) is 4.68 Å². The highest BCUT2D eigenvalue weighted by Gasteiger charge is 2.05. The Morgan fingerprint density at radius 2 is 2.00 bits per heavy atom. The summed E-state index contributed by atoms with van der Waals surface area (Å²) in [5.74, 6) is -0.344. The average Bonchev–Trinajstić information content (AvgIpc) is 2.44. The maximum absolute atomic E-state index is 12.2. The van der Waals surface area contributed by atoms with Crippen molar-refractivity contribution in [2.75, 3.05) is 6.61 Å². The normalized spacial score (nSPS) is 10.2. The molecule has 0 radical (unpaired) electrons. The summed E-state index contributed by atoms with van der Waals surface area (Å²) in [6.45, 7) is 1.99. The number of benzene rings is 1. The standard InChI is InChI=1S/C15H16N2O3/c1-12(18)20-10-8-14-7-9-16-17(15(14)19)11-13-5-3-2-4-6-13/h2-7,9H,8,10-11H2,1H3. The van der Waals surface area contributed by atoms with Crippen LogP contribution in [0, 0.1) is 0 Å². The zero-order valence-electron chi connectivity index (χ0n) is 11.3. The molecule has 0 saturated heterocycles. The van der Waals surface area contributed by atoms with E-state index >= 15 is 0 Å². The van der Waals surface area contributed by atoms with Crippen molar-refractivity contribution in [1.82, 2.24) is 9.78 Å². The lowest BCUT2D eigenvalue weighted by Crippen LogP contribution is -2.27. The van der Waals surface area contributed by atoms with Gasteiger partial charge >= 0.3 is 5.97 Å². The first-order valence-electron chi connectivity index (χ1n) is 6.39. The molecule has 1 aromatic heterocycles. The summed E-state index contributed by atoms with van der Waals surface area (Å²) < 4.78 is 6.27. The first-order valence-corrected chi connectivity index (χ1v) is 6.39. The van der Waals surface area contributed by atoms with Crippen LogP contribution in [0.1, 0.15) is 18.1 Å². The third-order valence-corrected chi connectivity index (χ3v) is 2.84. The summed E-state index contributed by atoms with van der Waals surface area (Å²) >= 11 is 0. The zero-order chi connectivity index (χ0) is 14.4. The topological polar surface area (TPSA) is 61.2 Å². The number of aromatic nitrogens is 2. The van der Waals surface area contributed by atoms with E-state index in [2.05, 4.69) is 5.10 Å². The van der Waals surface area contributed by atoms with Gasteiger partial charge in [-0.05, 0) is 11.6 Å². The third kappa shape index (κ3) is 3.78. The Labute approximate surface area is 116 Å². The van der Waals surface area contributed by atoms with Gasteiger partial charge in [0.15, 0.2) is 0 Å². The van der Waals surface area contributed by atoms with E-state index in [4.69, 9.17) is 4.74 Å². The van der Waals surface area contributed by atoms with Crippen molar-refractivity contribution in [3.05, 3.63) is 64.1 Å². The molecule has 0 amide bonds. The van der Waals surface area contributed by atoms with Crippen LogP contribution in [0.2, 0.25) is 0 Å². The van der Waals surface area contributed by atoms with Gasteiger partial charge in [0.05, 0.1) is 13.2 Å². The molecule has 2 aromatic rings. The number of carbonyl (C=O) groups is 1. The molecule has 0 aliphatic rings. The fraction of sp³-hybridized carbons (Fsp3) is 0.267. The molecule has 0 spiro atoms. The van der Waals surface area contributed by atoms with Crippen LogP contribution in [0.3, 0.4) is 0 Å². The van der Waals surface area contributed by atoms with E-state index in [1.54, 1.807) is 12.3 Å². The third-order valence-electron chi connectivity index (χ3n) is 2.84. The number of hydrogen-bond donors (Lipinski definition) is 0. The van der Waals surface area contributed by atoms with Crippen molar-refractivity contribution in [1.29, 1.82) is 0 Å². The van der Waals surface area contributed by atoms with Crippen molar-refractivity contribution < 1.29 is 9.53 Å². The Hall–Kier alpha value is -2.43. The summed E-state index contributed by atoms with van der Waals surface area (Å²) in [6.07, 6.45) is 1.99. The predicted molar refractivity (Wildman–Crippen MR) is 74.4 cm³/mol. The fourth-order valence-corrected chi connectivity index (χ4v) is 1.86. The minimum absolute atomic E-state index is 0.150. The molecule has 5 nitrogen and oxygen atoms in total. The van der Waals surface area contributed by atoms with Gasteiger partial charge in [0.25, 0.3) is 5.56 Å². The Kier molecular flexibility index (Phi) is 4.65. The van der Waals surface area contributed by atoms with Crippen LogP contribution in [-0.4, -0.2) is 22.4 Å². The van der Waals surface area contributed by atoms with Crippen molar-refractivity contribution in [2.45, 2.75) is 19.9 Å². The number of carbonyl (C=O) groups excluding carboxylic acids is 1. The smallest absolute Gasteiger partial charge is 0.302 e. The van der Waals surface area contributed by atoms with Crippen molar-refractivity contribution >= 4 is 5.97 Å². The molecule has 0 N–H and O–H groups in total. The molecule has 0 aliphatic heterocycles. The van der Waals surface area contributed by atoms with Crippen LogP contribution >= 0.6 is 0 Å². The summed E-state index contributed by atoms with van der Waals surface area (Å²) in [5.41, 5.74) is 1.46. The highest BCUT2D eigenvalue weighted by molar-refractivity contribution is 5.65. The fourth-order valence-electron chi connectivity index (χ4n) is 1.86. The van der Waals surface area contributed by atoms with E-state index in [0.29, 0.717) is 18.5 Å².